The van der Waals surface area contributed by atoms with E-state index in [2.05, 4.69) is 85.4 Å². The lowest BCUT2D eigenvalue weighted by atomic mass is 9.90. The molecule has 0 unspecified atom stereocenters. The van der Waals surface area contributed by atoms with Crippen LogP contribution in [0, 0.1) is 26.7 Å². The average molecular weight is 961 g/mol. The van der Waals surface area contributed by atoms with E-state index in [9.17, 15) is 19.8 Å². The molecule has 0 radical (unpaired) electrons. The normalized spacial score (nSPS) is 15.6. The number of rotatable bonds is 12. The zero-order valence-electron chi connectivity index (χ0n) is 38.4. The number of carbonyl (C=O) groups is 1. The molecule has 3 aromatic heterocycles. The number of aryl methyl sites for hydroxylation is 2. The second kappa shape index (κ2) is 19.7. The number of benzene rings is 4. The molecule has 9 rings (SSSR count). The summed E-state index contributed by atoms with van der Waals surface area (Å²) in [5, 5.41) is 41.7. The van der Waals surface area contributed by atoms with Gasteiger partial charge in [0.1, 0.15) is 28.4 Å². The van der Waals surface area contributed by atoms with Crippen molar-refractivity contribution in [2.75, 3.05) is 13.1 Å². The number of likely N-dealkylation sites (tertiary alicyclic amines) is 1. The second-order valence-corrected chi connectivity index (χ2v) is 19.6. The smallest absolute Gasteiger partial charge is 0.348 e. The molecular weight excluding hydrogens is 906 g/mol. The number of H-pyrrole nitrogens is 1. The minimum atomic E-state index is -0.544. The number of fused-ring (bicyclic) bond motifs is 3. The van der Waals surface area contributed by atoms with Gasteiger partial charge in [0.15, 0.2) is 11.6 Å². The van der Waals surface area contributed by atoms with Crippen LogP contribution in [0.25, 0.3) is 22.1 Å². The van der Waals surface area contributed by atoms with Crippen LogP contribution in [0.3, 0.4) is 0 Å². The van der Waals surface area contributed by atoms with Crippen molar-refractivity contribution in [3.05, 3.63) is 156 Å². The number of piperidine rings is 1. The van der Waals surface area contributed by atoms with E-state index in [1.807, 2.05) is 64.1 Å². The van der Waals surface area contributed by atoms with E-state index in [1.165, 1.54) is 26.6 Å². The summed E-state index contributed by atoms with van der Waals surface area (Å²) >= 11 is 7.97. The highest BCUT2D eigenvalue weighted by atomic mass is 35.5. The predicted octanol–water partition coefficient (Wildman–Crippen LogP) is 10.0. The summed E-state index contributed by atoms with van der Waals surface area (Å²) in [5.74, 6) is 1.98. The van der Waals surface area contributed by atoms with E-state index < -0.39 is 11.7 Å². The highest BCUT2D eigenvalue weighted by Crippen LogP contribution is 2.40. The van der Waals surface area contributed by atoms with Gasteiger partial charge in [-0.3, -0.25) is 19.3 Å². The molecule has 2 aliphatic heterocycles. The van der Waals surface area contributed by atoms with E-state index in [0.29, 0.717) is 33.6 Å². The molecule has 4 aromatic carbocycles. The first-order chi connectivity index (χ1) is 31.7. The van der Waals surface area contributed by atoms with E-state index in [0.717, 1.165) is 77.7 Å². The van der Waals surface area contributed by atoms with Gasteiger partial charge in [-0.1, -0.05) is 74.0 Å². The average Bonchev–Trinajstić information content (AvgIpc) is 3.93. The van der Waals surface area contributed by atoms with Crippen LogP contribution >= 0.6 is 35.3 Å². The minimum absolute atomic E-state index is 0. The van der Waals surface area contributed by atoms with Crippen molar-refractivity contribution in [2.45, 2.75) is 91.8 Å². The molecule has 1 fully saturated rings. The van der Waals surface area contributed by atoms with Gasteiger partial charge in [0, 0.05) is 33.6 Å². The third-order valence-electron chi connectivity index (χ3n) is 13.1. The van der Waals surface area contributed by atoms with Crippen LogP contribution in [0.4, 0.5) is 0 Å². The summed E-state index contributed by atoms with van der Waals surface area (Å²) in [6.45, 7) is 14.9. The number of aromatic hydroxyl groups is 2. The molecule has 5 heterocycles. The Morgan fingerprint density at radius 1 is 0.896 bits per heavy atom. The lowest BCUT2D eigenvalue weighted by Crippen LogP contribution is -2.33. The van der Waals surface area contributed by atoms with Crippen LogP contribution in [-0.2, 0) is 17.8 Å². The van der Waals surface area contributed by atoms with Crippen molar-refractivity contribution in [2.24, 2.45) is 10.9 Å². The highest BCUT2D eigenvalue weighted by Gasteiger charge is 2.33. The van der Waals surface area contributed by atoms with E-state index in [4.69, 9.17) is 16.6 Å². The van der Waals surface area contributed by atoms with Crippen LogP contribution < -0.4 is 11.0 Å². The molecule has 0 bridgehead atoms. The molecule has 4 N–H and O–H groups in total. The number of carbonyl (C=O) groups excluding carboxylic acids is 1. The van der Waals surface area contributed by atoms with Crippen molar-refractivity contribution in [3.8, 4) is 33.6 Å². The Hall–Kier alpha value is -6.06. The topological polar surface area (TPSA) is 167 Å². The summed E-state index contributed by atoms with van der Waals surface area (Å²) in [6, 6.07) is 26.4. The van der Waals surface area contributed by atoms with Gasteiger partial charge in [0.25, 0.3) is 0 Å². The SMILES string of the molecule is Cc1sc2c(c1C)C(c1ccc(Cl)cc1)=N[C@@H](CC(=O)N[C@@H](C)c1ccc(CN3CCC(Cc4ccc(-n5c(-c6cc(C(C)C)c(O)cc6O)n[nH]c5=O)cc4)CC3)cc1)c1nnc(C)n1-2.Cl. The number of nitrogens with one attached hydrogen (secondary N) is 2. The molecule has 16 heteroatoms. The molecule has 1 saturated heterocycles. The number of halogens is 2. The Kier molecular flexibility index (Phi) is 13.9. The van der Waals surface area contributed by atoms with Crippen molar-refractivity contribution < 1.29 is 15.0 Å². The standard InChI is InChI=1S/C51H54ClN9O4S.ClH/c1-28(2)40-24-41(44(63)26-43(40)62)48-56-58-51(65)61(48)39-17-9-33(10-18-39)23-34-19-21-59(22-20-34)27-35-7-11-36(12-8-35)30(4)53-45(64)25-42-49-57-55-32(6)60(49)50-46(29(3)31(5)66-50)47(54-42)37-13-15-38(52)16-14-37;/h7-18,24,26,28,30,34,42,62-63H,19-23,25,27H2,1-6H3,(H,53,64)(H,58,65);1H/t30-,42-;/m0./s1. The van der Waals surface area contributed by atoms with Crippen LogP contribution in [-0.4, -0.2) is 69.4 Å². The monoisotopic (exact) mass is 959 g/mol. The summed E-state index contributed by atoms with van der Waals surface area (Å²) in [7, 11) is 0. The van der Waals surface area contributed by atoms with E-state index >= 15 is 0 Å². The number of hydrogen-bond donors (Lipinski definition) is 4. The Morgan fingerprint density at radius 3 is 2.27 bits per heavy atom. The molecule has 2 atom stereocenters. The van der Waals surface area contributed by atoms with Gasteiger partial charge in [-0.2, -0.15) is 5.10 Å². The van der Waals surface area contributed by atoms with Crippen molar-refractivity contribution in [1.29, 1.82) is 0 Å². The third kappa shape index (κ3) is 9.71. The molecule has 67 heavy (non-hydrogen) atoms. The molecule has 0 saturated carbocycles. The first-order valence-electron chi connectivity index (χ1n) is 22.5. The second-order valence-electron chi connectivity index (χ2n) is 18.0. The molecule has 13 nitrogen and oxygen atoms in total. The number of aliphatic imine (C=N–C) groups is 1. The van der Waals surface area contributed by atoms with Gasteiger partial charge in [-0.25, -0.2) is 14.5 Å². The lowest BCUT2D eigenvalue weighted by molar-refractivity contribution is -0.122. The molecule has 0 spiro atoms. The maximum Gasteiger partial charge on any atom is 0.348 e. The van der Waals surface area contributed by atoms with E-state index in [1.54, 1.807) is 17.4 Å². The minimum Gasteiger partial charge on any atom is -0.508 e. The Labute approximate surface area is 405 Å². The summed E-state index contributed by atoms with van der Waals surface area (Å²) in [6.07, 6.45) is 3.23. The number of aromatic nitrogens is 6. The number of aromatic amines is 1. The quantitative estimate of drug-likeness (QED) is 0.0939. The zero-order valence-corrected chi connectivity index (χ0v) is 40.8. The largest absolute Gasteiger partial charge is 0.508 e. The van der Waals surface area contributed by atoms with Crippen LogP contribution in [0.15, 0.2) is 94.7 Å². The maximum absolute atomic E-state index is 13.8. The first-order valence-corrected chi connectivity index (χ1v) is 23.7. The van der Waals surface area contributed by atoms with Gasteiger partial charge in [-0.05, 0) is 130 Å². The fourth-order valence-corrected chi connectivity index (χ4v) is 10.6. The lowest BCUT2D eigenvalue weighted by Gasteiger charge is -2.32. The number of phenols is 2. The van der Waals surface area contributed by atoms with Gasteiger partial charge in [0.2, 0.25) is 5.91 Å². The Balaban J connectivity index is 0.00000608. The van der Waals surface area contributed by atoms with Crippen LogP contribution in [0.1, 0.15) is 114 Å². The predicted molar refractivity (Wildman–Crippen MR) is 267 cm³/mol. The van der Waals surface area contributed by atoms with Crippen molar-refractivity contribution in [3.63, 3.8) is 0 Å². The third-order valence-corrected chi connectivity index (χ3v) is 14.5. The molecular formula is C51H55Cl2N9O4S. The number of thiophene rings is 1. The van der Waals surface area contributed by atoms with Crippen molar-refractivity contribution in [1.82, 2.24) is 39.7 Å². The molecule has 7 aromatic rings. The zero-order chi connectivity index (χ0) is 46.4. The summed E-state index contributed by atoms with van der Waals surface area (Å²) < 4.78 is 3.51. The van der Waals surface area contributed by atoms with Crippen LogP contribution in [0.5, 0.6) is 11.5 Å². The van der Waals surface area contributed by atoms with Crippen LogP contribution in [0.2, 0.25) is 5.02 Å². The van der Waals surface area contributed by atoms with E-state index in [-0.39, 0.29) is 54.0 Å². The summed E-state index contributed by atoms with van der Waals surface area (Å²) in [4.78, 5) is 35.7. The highest BCUT2D eigenvalue weighted by molar-refractivity contribution is 7.15. The maximum atomic E-state index is 13.8. The number of phenolic OH excluding ortho intramolecular Hbond substituents is 2. The molecule has 1 amide bonds. The Bertz CT molecular complexity index is 3000. The Morgan fingerprint density at radius 2 is 1.58 bits per heavy atom. The van der Waals surface area contributed by atoms with Gasteiger partial charge in [0.05, 0.1) is 29.4 Å². The summed E-state index contributed by atoms with van der Waals surface area (Å²) in [5.41, 5.74) is 8.65. The molecule has 348 valence electrons. The molecule has 2 aliphatic rings. The van der Waals surface area contributed by atoms with Gasteiger partial charge < -0.3 is 15.5 Å². The molecule has 0 aliphatic carbocycles. The fraction of sp³-hybridized carbons (Fsp3) is 0.333. The fourth-order valence-electron chi connectivity index (χ4n) is 9.28. The number of amides is 1. The van der Waals surface area contributed by atoms with Gasteiger partial charge >= 0.3 is 5.69 Å². The van der Waals surface area contributed by atoms with Crippen molar-refractivity contribution >= 4 is 47.0 Å². The number of hydrogen-bond acceptors (Lipinski definition) is 10. The first kappa shape index (κ1) is 47.4. The van der Waals surface area contributed by atoms with Gasteiger partial charge in [-0.15, -0.1) is 33.9 Å². The number of nitrogens with zero attached hydrogens (tertiary/aromatic N) is 7.